The Bertz CT molecular complexity index is 1010. The Morgan fingerprint density at radius 1 is 1.20 bits per heavy atom. The third-order valence-electron chi connectivity index (χ3n) is 5.79. The lowest BCUT2D eigenvalue weighted by Gasteiger charge is -2.37. The molecular weight excluding hydrogens is 396 g/mol. The van der Waals surface area contributed by atoms with Gasteiger partial charge in [-0.1, -0.05) is 29.5 Å². The van der Waals surface area contributed by atoms with E-state index in [1.165, 1.54) is 11.3 Å². The quantitative estimate of drug-likeness (QED) is 0.655. The van der Waals surface area contributed by atoms with Crippen molar-refractivity contribution >= 4 is 32.6 Å². The van der Waals surface area contributed by atoms with E-state index in [2.05, 4.69) is 21.8 Å². The number of hydrogen-bond acceptors (Lipinski definition) is 6. The van der Waals surface area contributed by atoms with E-state index < -0.39 is 0 Å². The summed E-state index contributed by atoms with van der Waals surface area (Å²) in [6.45, 7) is 2.65. The number of piperidine rings is 1. The number of amides is 1. The summed E-state index contributed by atoms with van der Waals surface area (Å²) in [6.07, 6.45) is 2.39. The van der Waals surface area contributed by atoms with Gasteiger partial charge in [0.2, 0.25) is 5.91 Å². The molecule has 1 fully saturated rings. The maximum Gasteiger partial charge on any atom is 0.227 e. The molecule has 2 N–H and O–H groups in total. The minimum atomic E-state index is 0.164. The molecule has 0 aliphatic carbocycles. The number of nitrogens with zero attached hydrogens (tertiary/aromatic N) is 3. The zero-order valence-corrected chi connectivity index (χ0v) is 18.3. The number of aromatic nitrogens is 1. The van der Waals surface area contributed by atoms with Crippen molar-refractivity contribution in [2.24, 2.45) is 0 Å². The van der Waals surface area contributed by atoms with Crippen molar-refractivity contribution < 1.29 is 9.53 Å². The number of methoxy groups -OCH3 is 1. The van der Waals surface area contributed by atoms with E-state index in [0.717, 1.165) is 53.0 Å². The number of thiazole rings is 1. The fourth-order valence-corrected chi connectivity index (χ4v) is 4.83. The molecule has 0 saturated carbocycles. The zero-order chi connectivity index (χ0) is 21.1. The molecule has 0 bridgehead atoms. The fourth-order valence-electron chi connectivity index (χ4n) is 4.03. The third-order valence-corrected chi connectivity index (χ3v) is 6.63. The second kappa shape index (κ2) is 9.02. The van der Waals surface area contributed by atoms with Gasteiger partial charge in [0, 0.05) is 12.6 Å². The normalized spacial score (nSPS) is 15.4. The van der Waals surface area contributed by atoms with Crippen LogP contribution in [0.2, 0.25) is 0 Å². The van der Waals surface area contributed by atoms with Gasteiger partial charge < -0.3 is 20.3 Å². The minimum absolute atomic E-state index is 0.164. The highest BCUT2D eigenvalue weighted by atomic mass is 32.1. The zero-order valence-electron chi connectivity index (χ0n) is 17.5. The smallest absolute Gasteiger partial charge is 0.227 e. The van der Waals surface area contributed by atoms with Crippen molar-refractivity contribution in [2.75, 3.05) is 33.0 Å². The summed E-state index contributed by atoms with van der Waals surface area (Å²) >= 11 is 1.46. The summed E-state index contributed by atoms with van der Waals surface area (Å²) in [5.74, 6) is 0.991. The molecule has 7 heteroatoms. The molecule has 0 spiro atoms. The van der Waals surface area contributed by atoms with Crippen LogP contribution in [0.1, 0.15) is 24.0 Å². The number of likely N-dealkylation sites (tertiary alicyclic amines) is 1. The van der Waals surface area contributed by atoms with Gasteiger partial charge in [0.25, 0.3) is 0 Å². The van der Waals surface area contributed by atoms with Gasteiger partial charge in [0.1, 0.15) is 5.75 Å². The van der Waals surface area contributed by atoms with Crippen molar-refractivity contribution in [1.29, 1.82) is 0 Å². The molecule has 158 valence electrons. The topological polar surface area (TPSA) is 71.7 Å². The highest BCUT2D eigenvalue weighted by Crippen LogP contribution is 2.26. The highest BCUT2D eigenvalue weighted by molar-refractivity contribution is 7.22. The molecule has 0 radical (unpaired) electrons. The van der Waals surface area contributed by atoms with E-state index in [1.54, 1.807) is 7.11 Å². The number of fused-ring (bicyclic) bond motifs is 1. The Labute approximate surface area is 181 Å². The molecule has 1 amide bonds. The minimum Gasteiger partial charge on any atom is -0.497 e. The van der Waals surface area contributed by atoms with Crippen LogP contribution in [0.3, 0.4) is 0 Å². The first kappa shape index (κ1) is 20.6. The first-order chi connectivity index (χ1) is 14.5. The van der Waals surface area contributed by atoms with E-state index in [-0.39, 0.29) is 11.9 Å². The van der Waals surface area contributed by atoms with Gasteiger partial charge in [-0.2, -0.15) is 0 Å². The third kappa shape index (κ3) is 4.74. The van der Waals surface area contributed by atoms with Crippen LogP contribution < -0.4 is 10.5 Å². The standard InChI is InChI=1S/C23H28N4O2S/c1-26-11-9-18(10-12-26)27(15-16-3-6-19(29-2)7-4-16)22(28)14-17-5-8-20-21(13-17)30-23(24)25-20/h3-8,13,18H,9-12,14-15H2,1-2H3,(H2,24,25). The predicted octanol–water partition coefficient (Wildman–Crippen LogP) is 3.55. The van der Waals surface area contributed by atoms with E-state index in [0.29, 0.717) is 18.1 Å². The number of rotatable bonds is 6. The molecular formula is C23H28N4O2S. The number of carbonyl (C=O) groups excluding carboxylic acids is 1. The molecule has 1 aliphatic heterocycles. The van der Waals surface area contributed by atoms with Crippen LogP contribution in [0, 0.1) is 0 Å². The van der Waals surface area contributed by atoms with Crippen LogP contribution in [0.5, 0.6) is 5.75 Å². The summed E-state index contributed by atoms with van der Waals surface area (Å²) in [5.41, 5.74) is 8.84. The average molecular weight is 425 g/mol. The molecule has 30 heavy (non-hydrogen) atoms. The molecule has 0 atom stereocenters. The molecule has 0 unspecified atom stereocenters. The summed E-state index contributed by atoms with van der Waals surface area (Å²) in [6, 6.07) is 14.2. The van der Waals surface area contributed by atoms with Crippen LogP contribution in [-0.2, 0) is 17.8 Å². The van der Waals surface area contributed by atoms with E-state index in [1.807, 2.05) is 42.5 Å². The second-order valence-corrected chi connectivity index (χ2v) is 9.00. The van der Waals surface area contributed by atoms with E-state index >= 15 is 0 Å². The lowest BCUT2D eigenvalue weighted by molar-refractivity contribution is -0.134. The lowest BCUT2D eigenvalue weighted by Crippen LogP contribution is -2.46. The molecule has 1 saturated heterocycles. The van der Waals surface area contributed by atoms with Gasteiger partial charge in [-0.15, -0.1) is 0 Å². The largest absolute Gasteiger partial charge is 0.497 e. The van der Waals surface area contributed by atoms with Crippen LogP contribution in [0.4, 0.5) is 5.13 Å². The van der Waals surface area contributed by atoms with Crippen molar-refractivity contribution in [1.82, 2.24) is 14.8 Å². The van der Waals surface area contributed by atoms with E-state index in [9.17, 15) is 4.79 Å². The van der Waals surface area contributed by atoms with Gasteiger partial charge in [0.15, 0.2) is 5.13 Å². The Morgan fingerprint density at radius 2 is 1.90 bits per heavy atom. The van der Waals surface area contributed by atoms with E-state index in [4.69, 9.17) is 10.5 Å². The maximum atomic E-state index is 13.4. The van der Waals surface area contributed by atoms with Crippen LogP contribution in [0.25, 0.3) is 10.2 Å². The van der Waals surface area contributed by atoms with Crippen LogP contribution in [0.15, 0.2) is 42.5 Å². The van der Waals surface area contributed by atoms with Gasteiger partial charge in [-0.3, -0.25) is 4.79 Å². The average Bonchev–Trinajstić information content (AvgIpc) is 3.12. The highest BCUT2D eigenvalue weighted by Gasteiger charge is 2.27. The first-order valence-corrected chi connectivity index (χ1v) is 11.1. The SMILES string of the molecule is COc1ccc(CN(C(=O)Cc2ccc3nc(N)sc3c2)C2CCN(C)CC2)cc1. The van der Waals surface area contributed by atoms with Crippen LogP contribution in [-0.4, -0.2) is 54.0 Å². The van der Waals surface area contributed by atoms with Crippen LogP contribution >= 0.6 is 11.3 Å². The Hall–Kier alpha value is -2.64. The molecule has 3 aromatic rings. The number of ether oxygens (including phenoxy) is 1. The fraction of sp³-hybridized carbons (Fsp3) is 0.391. The number of nitrogen functional groups attached to an aromatic ring is 1. The van der Waals surface area contributed by atoms with Gasteiger partial charge in [0.05, 0.1) is 23.7 Å². The van der Waals surface area contributed by atoms with Crippen molar-refractivity contribution in [3.8, 4) is 5.75 Å². The molecule has 6 nitrogen and oxygen atoms in total. The number of nitrogens with two attached hydrogens (primary N) is 1. The van der Waals surface area contributed by atoms with Crippen molar-refractivity contribution in [3.63, 3.8) is 0 Å². The number of hydrogen-bond donors (Lipinski definition) is 1. The Morgan fingerprint density at radius 3 is 2.60 bits per heavy atom. The second-order valence-electron chi connectivity index (χ2n) is 7.94. The number of anilines is 1. The van der Waals surface area contributed by atoms with Crippen molar-refractivity contribution in [3.05, 3.63) is 53.6 Å². The van der Waals surface area contributed by atoms with Crippen molar-refractivity contribution in [2.45, 2.75) is 31.8 Å². The summed E-state index contributed by atoms with van der Waals surface area (Å²) < 4.78 is 6.29. The van der Waals surface area contributed by atoms with Gasteiger partial charge in [-0.05, 0) is 68.4 Å². The maximum absolute atomic E-state index is 13.4. The molecule has 2 aromatic carbocycles. The first-order valence-electron chi connectivity index (χ1n) is 10.3. The summed E-state index contributed by atoms with van der Waals surface area (Å²) in [7, 11) is 3.80. The number of carbonyl (C=O) groups is 1. The Balaban J connectivity index is 1.53. The van der Waals surface area contributed by atoms with Gasteiger partial charge in [-0.25, -0.2) is 4.98 Å². The Kier molecular flexibility index (Phi) is 6.20. The molecule has 2 heterocycles. The summed E-state index contributed by atoms with van der Waals surface area (Å²) in [4.78, 5) is 22.1. The molecule has 1 aliphatic rings. The predicted molar refractivity (Wildman–Crippen MR) is 122 cm³/mol. The molecule has 4 rings (SSSR count). The summed E-state index contributed by atoms with van der Waals surface area (Å²) in [5, 5.41) is 0.556. The lowest BCUT2D eigenvalue weighted by atomic mass is 10.0. The molecule has 1 aromatic heterocycles. The monoisotopic (exact) mass is 424 g/mol. The number of benzene rings is 2. The van der Waals surface area contributed by atoms with Gasteiger partial charge >= 0.3 is 0 Å².